The molecule has 2 heteroatoms. The minimum atomic E-state index is 0.392. The lowest BCUT2D eigenvalue weighted by Gasteiger charge is -2.34. The van der Waals surface area contributed by atoms with E-state index in [1.54, 1.807) is 0 Å². The van der Waals surface area contributed by atoms with Crippen LogP contribution < -0.4 is 0 Å². The minimum Gasteiger partial charge on any atom is -0.366 e. The first-order valence-corrected chi connectivity index (χ1v) is 8.03. The van der Waals surface area contributed by atoms with Crippen molar-refractivity contribution in [1.29, 1.82) is 0 Å². The van der Waals surface area contributed by atoms with Gasteiger partial charge in [0, 0.05) is 23.8 Å². The van der Waals surface area contributed by atoms with Gasteiger partial charge >= 0.3 is 0 Å². The molecule has 1 nitrogen and oxygen atoms in total. The van der Waals surface area contributed by atoms with E-state index in [-0.39, 0.29) is 0 Å². The molecule has 0 aromatic heterocycles. The van der Waals surface area contributed by atoms with Crippen molar-refractivity contribution < 1.29 is 0 Å². The summed E-state index contributed by atoms with van der Waals surface area (Å²) in [5.41, 5.74) is 3.97. The van der Waals surface area contributed by atoms with E-state index in [2.05, 4.69) is 60.1 Å². The summed E-state index contributed by atoms with van der Waals surface area (Å²) in [4.78, 5) is 2.38. The summed E-state index contributed by atoms with van der Waals surface area (Å²) in [6.07, 6.45) is 6.55. The molecule has 0 bridgehead atoms. The van der Waals surface area contributed by atoms with Crippen molar-refractivity contribution >= 4 is 17.2 Å². The highest BCUT2D eigenvalue weighted by molar-refractivity contribution is 6.30. The number of halogens is 1. The molecule has 0 fully saturated rings. The van der Waals surface area contributed by atoms with E-state index in [9.17, 15) is 0 Å². The van der Waals surface area contributed by atoms with Gasteiger partial charge in [-0.25, -0.2) is 0 Å². The van der Waals surface area contributed by atoms with Gasteiger partial charge in [-0.2, -0.15) is 0 Å². The predicted molar refractivity (Wildman–Crippen MR) is 94.6 cm³/mol. The van der Waals surface area contributed by atoms with Crippen LogP contribution in [0.5, 0.6) is 0 Å². The quantitative estimate of drug-likeness (QED) is 0.671. The molecule has 0 saturated heterocycles. The summed E-state index contributed by atoms with van der Waals surface area (Å²) in [6, 6.07) is 19.1. The largest absolute Gasteiger partial charge is 0.366 e. The molecule has 3 rings (SSSR count). The Morgan fingerprint density at radius 3 is 2.50 bits per heavy atom. The number of nitrogens with zero attached hydrogens (tertiary/aromatic N) is 1. The van der Waals surface area contributed by atoms with Crippen molar-refractivity contribution in [2.24, 2.45) is 0 Å². The van der Waals surface area contributed by atoms with E-state index in [1.165, 1.54) is 16.7 Å². The molecule has 0 amide bonds. The lowest BCUT2D eigenvalue weighted by molar-refractivity contribution is 0.289. The number of benzene rings is 2. The number of hydrogen-bond donors (Lipinski definition) is 0. The molecule has 112 valence electrons. The van der Waals surface area contributed by atoms with Gasteiger partial charge in [-0.15, -0.1) is 6.58 Å². The van der Waals surface area contributed by atoms with E-state index in [1.807, 2.05) is 18.2 Å². The van der Waals surface area contributed by atoms with Gasteiger partial charge in [0.05, 0.1) is 0 Å². The molecular weight excluding hydrogens is 290 g/mol. The fraction of sp³-hybridized carbons (Fsp3) is 0.200. The van der Waals surface area contributed by atoms with Crippen molar-refractivity contribution in [2.45, 2.75) is 25.4 Å². The van der Waals surface area contributed by atoms with Gasteiger partial charge in [-0.1, -0.05) is 60.1 Å². The molecule has 1 heterocycles. The summed E-state index contributed by atoms with van der Waals surface area (Å²) in [5, 5.41) is 0.781. The second-order valence-electron chi connectivity index (χ2n) is 5.66. The third-order valence-corrected chi connectivity index (χ3v) is 4.40. The van der Waals surface area contributed by atoms with Crippen LogP contribution in [0.3, 0.4) is 0 Å². The maximum absolute atomic E-state index is 5.97. The number of rotatable bonds is 4. The van der Waals surface area contributed by atoms with Crippen molar-refractivity contribution in [3.8, 4) is 0 Å². The lowest BCUT2D eigenvalue weighted by atomic mass is 9.94. The Hall–Kier alpha value is -1.99. The third kappa shape index (κ3) is 3.42. The van der Waals surface area contributed by atoms with Gasteiger partial charge in [0.2, 0.25) is 0 Å². The van der Waals surface area contributed by atoms with Gasteiger partial charge in [-0.3, -0.25) is 0 Å². The monoisotopic (exact) mass is 309 g/mol. The number of allylic oxidation sites excluding steroid dienone is 1. The zero-order valence-electron chi connectivity index (χ0n) is 12.6. The molecule has 2 aromatic rings. The van der Waals surface area contributed by atoms with Crippen LogP contribution in [-0.2, 0) is 6.54 Å². The maximum Gasteiger partial charge on any atom is 0.0472 e. The molecule has 1 aliphatic heterocycles. The summed E-state index contributed by atoms with van der Waals surface area (Å²) in [6.45, 7) is 4.88. The van der Waals surface area contributed by atoms with Crippen LogP contribution in [0.15, 0.2) is 73.5 Å². The van der Waals surface area contributed by atoms with Crippen LogP contribution in [0.1, 0.15) is 24.0 Å². The molecule has 22 heavy (non-hydrogen) atoms. The minimum absolute atomic E-state index is 0.392. The maximum atomic E-state index is 5.97. The summed E-state index contributed by atoms with van der Waals surface area (Å²) < 4.78 is 0. The normalized spacial score (nSPS) is 18.0. The van der Waals surface area contributed by atoms with Crippen LogP contribution >= 0.6 is 11.6 Å². The molecule has 0 spiro atoms. The van der Waals surface area contributed by atoms with Gasteiger partial charge in [0.25, 0.3) is 0 Å². The Morgan fingerprint density at radius 1 is 1.09 bits per heavy atom. The third-order valence-electron chi connectivity index (χ3n) is 4.15. The average molecular weight is 310 g/mol. The first kappa shape index (κ1) is 14.9. The van der Waals surface area contributed by atoms with Crippen LogP contribution in [0.2, 0.25) is 5.02 Å². The molecule has 0 radical (unpaired) electrons. The molecule has 2 aromatic carbocycles. The highest BCUT2D eigenvalue weighted by atomic mass is 35.5. The Labute approximate surface area is 137 Å². The van der Waals surface area contributed by atoms with E-state index in [0.717, 1.165) is 24.4 Å². The highest BCUT2D eigenvalue weighted by Crippen LogP contribution is 2.29. The molecule has 0 unspecified atom stereocenters. The van der Waals surface area contributed by atoms with E-state index < -0.39 is 0 Å². The van der Waals surface area contributed by atoms with Gasteiger partial charge in [0.1, 0.15) is 0 Å². The predicted octanol–water partition coefficient (Wildman–Crippen LogP) is 5.53. The Bertz CT molecular complexity index is 658. The molecule has 0 N–H and O–H groups in total. The SMILES string of the molecule is C=C[C@H]1CCC(c2ccccc2)=CN1Cc1ccc(Cl)cc1. The second kappa shape index (κ2) is 6.85. The van der Waals surface area contributed by atoms with Gasteiger partial charge in [-0.05, 0) is 41.7 Å². The first-order valence-electron chi connectivity index (χ1n) is 7.65. The van der Waals surface area contributed by atoms with Crippen LogP contribution in [0.25, 0.3) is 5.57 Å². The summed E-state index contributed by atoms with van der Waals surface area (Å²) >= 11 is 5.97. The lowest BCUT2D eigenvalue weighted by Crippen LogP contribution is -2.31. The summed E-state index contributed by atoms with van der Waals surface area (Å²) in [5.74, 6) is 0. The molecule has 0 saturated carbocycles. The van der Waals surface area contributed by atoms with Crippen molar-refractivity contribution in [2.75, 3.05) is 0 Å². The van der Waals surface area contributed by atoms with Crippen LogP contribution in [-0.4, -0.2) is 10.9 Å². The fourth-order valence-electron chi connectivity index (χ4n) is 2.92. The Morgan fingerprint density at radius 2 is 1.82 bits per heavy atom. The van der Waals surface area contributed by atoms with Crippen molar-refractivity contribution in [3.63, 3.8) is 0 Å². The van der Waals surface area contributed by atoms with E-state index in [4.69, 9.17) is 11.6 Å². The fourth-order valence-corrected chi connectivity index (χ4v) is 3.04. The average Bonchev–Trinajstić information content (AvgIpc) is 2.58. The van der Waals surface area contributed by atoms with Gasteiger partial charge < -0.3 is 4.90 Å². The van der Waals surface area contributed by atoms with Crippen LogP contribution in [0.4, 0.5) is 0 Å². The highest BCUT2D eigenvalue weighted by Gasteiger charge is 2.19. The zero-order valence-corrected chi connectivity index (χ0v) is 13.3. The van der Waals surface area contributed by atoms with Gasteiger partial charge in [0.15, 0.2) is 0 Å². The van der Waals surface area contributed by atoms with Crippen molar-refractivity contribution in [1.82, 2.24) is 4.90 Å². The Balaban J connectivity index is 1.85. The smallest absolute Gasteiger partial charge is 0.0472 e. The van der Waals surface area contributed by atoms with E-state index in [0.29, 0.717) is 6.04 Å². The number of hydrogen-bond acceptors (Lipinski definition) is 1. The topological polar surface area (TPSA) is 3.24 Å². The molecular formula is C20H20ClN. The first-order chi connectivity index (χ1) is 10.8. The van der Waals surface area contributed by atoms with Crippen molar-refractivity contribution in [3.05, 3.63) is 89.6 Å². The zero-order chi connectivity index (χ0) is 15.4. The second-order valence-corrected chi connectivity index (χ2v) is 6.10. The molecule has 1 aliphatic rings. The van der Waals surface area contributed by atoms with E-state index >= 15 is 0 Å². The Kier molecular flexibility index (Phi) is 4.65. The molecule has 0 aliphatic carbocycles. The summed E-state index contributed by atoms with van der Waals surface area (Å²) in [7, 11) is 0. The van der Waals surface area contributed by atoms with Crippen LogP contribution in [0, 0.1) is 0 Å². The standard InChI is InChI=1S/C20H20ClN/c1-2-20-13-10-18(17-6-4-3-5-7-17)15-22(20)14-16-8-11-19(21)12-9-16/h2-9,11-12,15,20H,1,10,13-14H2/t20-/m0/s1. The molecule has 1 atom stereocenters.